The van der Waals surface area contributed by atoms with E-state index in [0.29, 0.717) is 0 Å². The average Bonchev–Trinajstić information content (AvgIpc) is 3.05. The van der Waals surface area contributed by atoms with Crippen molar-refractivity contribution in [1.29, 1.82) is 0 Å². The van der Waals surface area contributed by atoms with Gasteiger partial charge in [0.1, 0.15) is 30.2 Å². The fraction of sp³-hybridized carbons (Fsp3) is 0.722. The van der Waals surface area contributed by atoms with Gasteiger partial charge in [-0.1, -0.05) is 41.5 Å². The minimum absolute atomic E-state index is 0.0213. The first-order valence-corrected chi connectivity index (χ1v) is 18.3. The Bertz CT molecular complexity index is 1340. The van der Waals surface area contributed by atoms with Crippen molar-refractivity contribution >= 4 is 47.4 Å². The molecule has 7 atom stereocenters. The number of nitrogens with two attached hydrogens (primary N) is 2. The van der Waals surface area contributed by atoms with Gasteiger partial charge in [0.2, 0.25) is 35.4 Å². The molecule has 0 radical (unpaired) electrons. The number of carboxylic acid groups (broad SMARTS) is 1. The van der Waals surface area contributed by atoms with Gasteiger partial charge in [0.15, 0.2) is 12.0 Å². The third kappa shape index (κ3) is 20.4. The standard InChI is InChI=1S/C36H63N9O9/c1-10-11-14-28(47)41-25(16-19(2)3)32(50)40-22(8)30(48)42-24(13-12-15-39-36(37)38)31(49)43-26(17-20(4)5)33(51)44-27(18-21(6)7)34(52)45-29(23(9)46)35(53)54/h1,19-27,29,46H,11-18H2,2-9H3,(H,40,50)(H,41,47)(H,42,48)(H,43,49)(H,44,51)(H,45,52)(H,53,54)(H4,37,38,39). The van der Waals surface area contributed by atoms with E-state index in [1.165, 1.54) is 13.8 Å². The molecule has 0 aromatic heterocycles. The lowest BCUT2D eigenvalue weighted by molar-refractivity contribution is -0.145. The lowest BCUT2D eigenvalue weighted by Gasteiger charge is -2.28. The molecule has 0 spiro atoms. The summed E-state index contributed by atoms with van der Waals surface area (Å²) in [5, 5.41) is 34.7. The van der Waals surface area contributed by atoms with Gasteiger partial charge in [0.25, 0.3) is 0 Å². The lowest BCUT2D eigenvalue weighted by atomic mass is 9.99. The number of hydrogen-bond acceptors (Lipinski definition) is 9. The normalized spacial score (nSPS) is 14.9. The highest BCUT2D eigenvalue weighted by Gasteiger charge is 2.34. The van der Waals surface area contributed by atoms with Gasteiger partial charge in [-0.2, -0.15) is 0 Å². The second-order valence-electron chi connectivity index (χ2n) is 14.6. The first-order valence-electron chi connectivity index (χ1n) is 18.3. The van der Waals surface area contributed by atoms with Crippen LogP contribution in [0.15, 0.2) is 4.99 Å². The van der Waals surface area contributed by atoms with E-state index in [1.54, 1.807) is 13.8 Å². The molecule has 54 heavy (non-hydrogen) atoms. The molecular formula is C36H63N9O9. The topological polar surface area (TPSA) is 297 Å². The van der Waals surface area contributed by atoms with Crippen LogP contribution in [0.3, 0.4) is 0 Å². The highest BCUT2D eigenvalue weighted by molar-refractivity contribution is 5.96. The summed E-state index contributed by atoms with van der Waals surface area (Å²) in [4.78, 5) is 94.9. The van der Waals surface area contributed by atoms with Gasteiger partial charge in [-0.25, -0.2) is 4.79 Å². The maximum absolute atomic E-state index is 13.8. The quantitative estimate of drug-likeness (QED) is 0.0232. The van der Waals surface area contributed by atoms with Crippen LogP contribution in [-0.2, 0) is 33.6 Å². The number of aliphatic imine (C=N–C) groups is 1. The van der Waals surface area contributed by atoms with E-state index in [-0.39, 0.29) is 75.2 Å². The summed E-state index contributed by atoms with van der Waals surface area (Å²) < 4.78 is 0. The predicted octanol–water partition coefficient (Wildman–Crippen LogP) is -1.01. The minimum Gasteiger partial charge on any atom is -0.480 e. The molecule has 0 aliphatic carbocycles. The number of terminal acetylenes is 1. The molecule has 12 N–H and O–H groups in total. The number of aliphatic hydroxyl groups is 1. The Morgan fingerprint density at radius 3 is 1.50 bits per heavy atom. The number of nitrogens with one attached hydrogen (secondary N) is 6. The maximum Gasteiger partial charge on any atom is 0.328 e. The van der Waals surface area contributed by atoms with Crippen molar-refractivity contribution in [1.82, 2.24) is 31.9 Å². The number of amides is 6. The molecule has 0 aromatic rings. The molecule has 18 nitrogen and oxygen atoms in total. The van der Waals surface area contributed by atoms with Crippen LogP contribution in [0.5, 0.6) is 0 Å². The van der Waals surface area contributed by atoms with Crippen molar-refractivity contribution in [2.75, 3.05) is 6.54 Å². The monoisotopic (exact) mass is 765 g/mol. The molecule has 0 aliphatic heterocycles. The van der Waals surface area contributed by atoms with Crippen LogP contribution in [-0.4, -0.2) is 106 Å². The highest BCUT2D eigenvalue weighted by Crippen LogP contribution is 2.11. The third-order valence-electron chi connectivity index (χ3n) is 7.91. The largest absolute Gasteiger partial charge is 0.480 e. The van der Waals surface area contributed by atoms with E-state index in [0.717, 1.165) is 0 Å². The number of hydrogen-bond donors (Lipinski definition) is 10. The number of carbonyl (C=O) groups excluding carboxylic acids is 6. The Kier molecular flexibility index (Phi) is 22.9. The van der Waals surface area contributed by atoms with Crippen LogP contribution in [0.1, 0.15) is 100 Å². The van der Waals surface area contributed by atoms with Gasteiger partial charge in [-0.3, -0.25) is 33.8 Å². The van der Waals surface area contributed by atoms with Crippen molar-refractivity contribution < 1.29 is 43.8 Å². The fourth-order valence-electron chi connectivity index (χ4n) is 5.20. The Balaban J connectivity index is 6.18. The Morgan fingerprint density at radius 2 is 1.07 bits per heavy atom. The molecule has 0 rings (SSSR count). The van der Waals surface area contributed by atoms with Crippen LogP contribution in [0.4, 0.5) is 0 Å². The molecule has 306 valence electrons. The van der Waals surface area contributed by atoms with E-state index < -0.39 is 83.8 Å². The highest BCUT2D eigenvalue weighted by atomic mass is 16.4. The second kappa shape index (κ2) is 25.2. The molecule has 0 heterocycles. The number of aliphatic carboxylic acids is 1. The molecule has 6 amide bonds. The Morgan fingerprint density at radius 1 is 0.648 bits per heavy atom. The molecule has 0 aromatic carbocycles. The number of rotatable bonds is 25. The van der Waals surface area contributed by atoms with Crippen molar-refractivity contribution in [3.8, 4) is 12.3 Å². The van der Waals surface area contributed by atoms with E-state index >= 15 is 0 Å². The maximum atomic E-state index is 13.8. The SMILES string of the molecule is C#CCCC(=O)NC(CC(C)C)C(=O)NC(C)C(=O)NC(CCCN=C(N)N)C(=O)NC(CC(C)C)C(=O)NC(CC(C)C)C(=O)NC(C(=O)O)C(C)O. The van der Waals surface area contributed by atoms with Crippen molar-refractivity contribution in [2.45, 2.75) is 143 Å². The molecule has 0 bridgehead atoms. The zero-order valence-corrected chi connectivity index (χ0v) is 32.9. The number of aliphatic hydroxyl groups excluding tert-OH is 1. The molecule has 7 unspecified atom stereocenters. The minimum atomic E-state index is -1.62. The summed E-state index contributed by atoms with van der Waals surface area (Å²) >= 11 is 0. The van der Waals surface area contributed by atoms with Crippen LogP contribution in [0.25, 0.3) is 0 Å². The van der Waals surface area contributed by atoms with Gasteiger partial charge >= 0.3 is 5.97 Å². The summed E-state index contributed by atoms with van der Waals surface area (Å²) in [7, 11) is 0. The zero-order valence-electron chi connectivity index (χ0n) is 32.9. The molecule has 18 heteroatoms. The molecular weight excluding hydrogens is 702 g/mol. The van der Waals surface area contributed by atoms with Crippen molar-refractivity contribution in [2.24, 2.45) is 34.2 Å². The zero-order chi connectivity index (χ0) is 41.7. The number of guanidine groups is 1. The van der Waals surface area contributed by atoms with Crippen molar-refractivity contribution in [3.63, 3.8) is 0 Å². The van der Waals surface area contributed by atoms with E-state index in [1.807, 2.05) is 27.7 Å². The first kappa shape index (κ1) is 49.1. The van der Waals surface area contributed by atoms with Gasteiger partial charge in [-0.05, 0) is 63.7 Å². The number of carboxylic acids is 1. The summed E-state index contributed by atoms with van der Waals surface area (Å²) in [6.45, 7) is 13.7. The van der Waals surface area contributed by atoms with E-state index in [9.17, 15) is 43.8 Å². The Hall–Kier alpha value is -4.92. The van der Waals surface area contributed by atoms with Crippen LogP contribution in [0, 0.1) is 30.1 Å². The molecule has 0 saturated heterocycles. The fourth-order valence-corrected chi connectivity index (χ4v) is 5.20. The summed E-state index contributed by atoms with van der Waals surface area (Å²) in [5.74, 6) is -3.53. The number of nitrogens with zero attached hydrogens (tertiary/aromatic N) is 1. The smallest absolute Gasteiger partial charge is 0.328 e. The number of carbonyl (C=O) groups is 7. The van der Waals surface area contributed by atoms with E-state index in [4.69, 9.17) is 17.9 Å². The average molecular weight is 766 g/mol. The van der Waals surface area contributed by atoms with Crippen molar-refractivity contribution in [3.05, 3.63) is 0 Å². The molecule has 0 fully saturated rings. The summed E-state index contributed by atoms with van der Waals surface area (Å²) in [6, 6.07) is -7.32. The summed E-state index contributed by atoms with van der Waals surface area (Å²) in [6.07, 6.45) is 4.84. The Labute approximate surface area is 318 Å². The molecule has 0 saturated carbocycles. The van der Waals surface area contributed by atoms with Gasteiger partial charge in [0, 0.05) is 19.4 Å². The third-order valence-corrected chi connectivity index (χ3v) is 7.91. The van der Waals surface area contributed by atoms with Gasteiger partial charge in [-0.15, -0.1) is 12.3 Å². The lowest BCUT2D eigenvalue weighted by Crippen LogP contribution is -2.60. The second-order valence-corrected chi connectivity index (χ2v) is 14.6. The van der Waals surface area contributed by atoms with Crippen LogP contribution in [0.2, 0.25) is 0 Å². The van der Waals surface area contributed by atoms with Crippen LogP contribution < -0.4 is 43.4 Å². The molecule has 0 aliphatic rings. The van der Waals surface area contributed by atoms with Crippen LogP contribution >= 0.6 is 0 Å². The van der Waals surface area contributed by atoms with E-state index in [2.05, 4.69) is 42.8 Å². The first-order chi connectivity index (χ1) is 25.1. The predicted molar refractivity (Wildman–Crippen MR) is 203 cm³/mol. The summed E-state index contributed by atoms with van der Waals surface area (Å²) in [5.41, 5.74) is 10.9. The van der Waals surface area contributed by atoms with Gasteiger partial charge in [0.05, 0.1) is 6.10 Å². The van der Waals surface area contributed by atoms with Gasteiger partial charge < -0.3 is 53.6 Å².